The molecule has 0 fully saturated rings. The number of carbonyl (C=O) groups is 1. The molecule has 1 aromatic carbocycles. The second-order valence-corrected chi connectivity index (χ2v) is 2.62. The number of hydrogen-bond donors (Lipinski definition) is 2. The van der Waals surface area contributed by atoms with Gasteiger partial charge in [-0.15, -0.1) is 0 Å². The Labute approximate surface area is 75.2 Å². The molecule has 0 aromatic heterocycles. The van der Waals surface area contributed by atoms with E-state index in [9.17, 15) is 9.90 Å². The Morgan fingerprint density at radius 3 is 2.38 bits per heavy atom. The summed E-state index contributed by atoms with van der Waals surface area (Å²) in [6, 6.07) is 7.38. The van der Waals surface area contributed by atoms with Crippen molar-refractivity contribution in [3.63, 3.8) is 0 Å². The Hall–Kier alpha value is -1.70. The molecule has 3 N–H and O–H groups in total. The van der Waals surface area contributed by atoms with Gasteiger partial charge in [-0.3, -0.25) is 10.5 Å². The van der Waals surface area contributed by atoms with Gasteiger partial charge in [-0.2, -0.15) is 5.26 Å². The van der Waals surface area contributed by atoms with E-state index in [0.29, 0.717) is 11.8 Å². The fourth-order valence-corrected chi connectivity index (χ4v) is 0.880. The number of aldehydes is 1. The summed E-state index contributed by atoms with van der Waals surface area (Å²) in [6.45, 7) is 0. The largest absolute Gasteiger partial charge is 0.360 e. The van der Waals surface area contributed by atoms with Crippen LogP contribution in [0.15, 0.2) is 24.3 Å². The van der Waals surface area contributed by atoms with Crippen molar-refractivity contribution in [2.24, 2.45) is 5.73 Å². The molecule has 0 bridgehead atoms. The first-order valence-electron chi connectivity index (χ1n) is 3.58. The number of aliphatic hydroxyl groups is 1. The van der Waals surface area contributed by atoms with Crippen molar-refractivity contribution in [3.8, 4) is 6.07 Å². The Morgan fingerprint density at radius 2 is 2.00 bits per heavy atom. The van der Waals surface area contributed by atoms with Gasteiger partial charge in [0, 0.05) is 11.1 Å². The summed E-state index contributed by atoms with van der Waals surface area (Å²) < 4.78 is 0. The fourth-order valence-electron chi connectivity index (χ4n) is 0.880. The quantitative estimate of drug-likeness (QED) is 0.381. The summed E-state index contributed by atoms with van der Waals surface area (Å²) in [5.74, 6) is 0. The standard InChI is InChI=1S/C9H8N2O2/c10-6-9(11,13)8-3-1-7(5-12)2-4-8/h1-5,13H,11H2/t9-/m1/s1. The van der Waals surface area contributed by atoms with E-state index in [1.54, 1.807) is 6.07 Å². The molecule has 0 aliphatic rings. The van der Waals surface area contributed by atoms with Gasteiger partial charge in [-0.1, -0.05) is 24.3 Å². The van der Waals surface area contributed by atoms with Crippen LogP contribution >= 0.6 is 0 Å². The monoisotopic (exact) mass is 176 g/mol. The van der Waals surface area contributed by atoms with Crippen LogP contribution in [0.3, 0.4) is 0 Å². The van der Waals surface area contributed by atoms with Crippen molar-refractivity contribution < 1.29 is 9.90 Å². The molecule has 0 saturated carbocycles. The normalized spacial score (nSPS) is 14.2. The molecule has 0 unspecified atom stereocenters. The summed E-state index contributed by atoms with van der Waals surface area (Å²) in [6.07, 6.45) is 0.672. The molecule has 0 saturated heterocycles. The molecule has 1 rings (SSSR count). The minimum atomic E-state index is -1.98. The lowest BCUT2D eigenvalue weighted by Gasteiger charge is -2.13. The number of nitriles is 1. The van der Waals surface area contributed by atoms with Crippen LogP contribution in [0.5, 0.6) is 0 Å². The van der Waals surface area contributed by atoms with E-state index in [1.807, 2.05) is 0 Å². The van der Waals surface area contributed by atoms with Crippen LogP contribution < -0.4 is 5.73 Å². The first kappa shape index (κ1) is 9.39. The van der Waals surface area contributed by atoms with Crippen LogP contribution in [0.4, 0.5) is 0 Å². The lowest BCUT2D eigenvalue weighted by Crippen LogP contribution is -2.34. The van der Waals surface area contributed by atoms with Crippen molar-refractivity contribution >= 4 is 6.29 Å². The van der Waals surface area contributed by atoms with Crippen molar-refractivity contribution in [2.45, 2.75) is 5.72 Å². The third kappa shape index (κ3) is 1.90. The maximum absolute atomic E-state index is 10.3. The first-order valence-corrected chi connectivity index (χ1v) is 3.58. The van der Waals surface area contributed by atoms with E-state index < -0.39 is 5.72 Å². The minimum Gasteiger partial charge on any atom is -0.360 e. The van der Waals surface area contributed by atoms with Crippen molar-refractivity contribution in [1.82, 2.24) is 0 Å². The van der Waals surface area contributed by atoms with Crippen LogP contribution in [-0.2, 0) is 5.72 Å². The molecular weight excluding hydrogens is 168 g/mol. The number of rotatable bonds is 2. The summed E-state index contributed by atoms with van der Waals surface area (Å²) in [5, 5.41) is 17.8. The Balaban J connectivity index is 3.07. The highest BCUT2D eigenvalue weighted by atomic mass is 16.3. The molecule has 0 radical (unpaired) electrons. The van der Waals surface area contributed by atoms with Crippen LogP contribution in [0, 0.1) is 11.3 Å². The summed E-state index contributed by atoms with van der Waals surface area (Å²) in [7, 11) is 0. The lowest BCUT2D eigenvalue weighted by atomic mass is 10.0. The van der Waals surface area contributed by atoms with Gasteiger partial charge in [0.15, 0.2) is 0 Å². The predicted octanol–water partition coefficient (Wildman–Crippen LogP) is 0.126. The average Bonchev–Trinajstić information content (AvgIpc) is 2.18. The second-order valence-electron chi connectivity index (χ2n) is 2.62. The first-order chi connectivity index (χ1) is 6.10. The number of benzene rings is 1. The number of nitrogens with two attached hydrogens (primary N) is 1. The zero-order chi connectivity index (χ0) is 9.90. The Kier molecular flexibility index (Phi) is 2.42. The van der Waals surface area contributed by atoms with Gasteiger partial charge in [0.1, 0.15) is 12.4 Å². The highest BCUT2D eigenvalue weighted by Crippen LogP contribution is 2.13. The van der Waals surface area contributed by atoms with E-state index in [4.69, 9.17) is 11.0 Å². The van der Waals surface area contributed by atoms with Crippen LogP contribution in [0.2, 0.25) is 0 Å². The topological polar surface area (TPSA) is 87.1 Å². The second kappa shape index (κ2) is 3.35. The average molecular weight is 176 g/mol. The molecule has 0 amide bonds. The number of hydrogen-bond acceptors (Lipinski definition) is 4. The van der Waals surface area contributed by atoms with Crippen LogP contribution in [-0.4, -0.2) is 11.4 Å². The van der Waals surface area contributed by atoms with Crippen molar-refractivity contribution in [3.05, 3.63) is 35.4 Å². The summed E-state index contributed by atoms with van der Waals surface area (Å²) >= 11 is 0. The van der Waals surface area contributed by atoms with Gasteiger partial charge >= 0.3 is 0 Å². The zero-order valence-corrected chi connectivity index (χ0v) is 6.77. The maximum Gasteiger partial charge on any atom is 0.229 e. The fraction of sp³-hybridized carbons (Fsp3) is 0.111. The van der Waals surface area contributed by atoms with E-state index >= 15 is 0 Å². The van der Waals surface area contributed by atoms with Gasteiger partial charge in [-0.25, -0.2) is 0 Å². The molecule has 1 aromatic rings. The third-order valence-corrected chi connectivity index (χ3v) is 1.66. The van der Waals surface area contributed by atoms with Crippen molar-refractivity contribution in [2.75, 3.05) is 0 Å². The molecule has 4 heteroatoms. The molecule has 1 atom stereocenters. The molecule has 0 spiro atoms. The molecule has 0 aliphatic heterocycles. The van der Waals surface area contributed by atoms with Crippen LogP contribution in [0.1, 0.15) is 15.9 Å². The SMILES string of the molecule is N#C[C@@](N)(O)c1ccc(C=O)cc1. The highest BCUT2D eigenvalue weighted by Gasteiger charge is 2.22. The van der Waals surface area contributed by atoms with Gasteiger partial charge in [0.2, 0.25) is 5.72 Å². The summed E-state index contributed by atoms with van der Waals surface area (Å²) in [5.41, 5.74) is 3.98. The summed E-state index contributed by atoms with van der Waals surface area (Å²) in [4.78, 5) is 10.3. The smallest absolute Gasteiger partial charge is 0.229 e. The Morgan fingerprint density at radius 1 is 1.46 bits per heavy atom. The molecule has 4 nitrogen and oxygen atoms in total. The Bertz CT molecular complexity index is 349. The van der Waals surface area contributed by atoms with E-state index in [-0.39, 0.29) is 5.56 Å². The van der Waals surface area contributed by atoms with E-state index in [2.05, 4.69) is 0 Å². The van der Waals surface area contributed by atoms with E-state index in [1.165, 1.54) is 24.3 Å². The maximum atomic E-state index is 10.3. The molecule has 66 valence electrons. The van der Waals surface area contributed by atoms with Gasteiger partial charge in [0.25, 0.3) is 0 Å². The lowest BCUT2D eigenvalue weighted by molar-refractivity contribution is 0.105. The van der Waals surface area contributed by atoms with Gasteiger partial charge < -0.3 is 5.11 Å². The molecule has 0 heterocycles. The highest BCUT2D eigenvalue weighted by molar-refractivity contribution is 5.74. The molecule has 13 heavy (non-hydrogen) atoms. The number of carbonyl (C=O) groups excluding carboxylic acids is 1. The zero-order valence-electron chi connectivity index (χ0n) is 6.77. The van der Waals surface area contributed by atoms with Gasteiger partial charge in [0.05, 0.1) is 0 Å². The third-order valence-electron chi connectivity index (χ3n) is 1.66. The van der Waals surface area contributed by atoms with Crippen LogP contribution in [0.25, 0.3) is 0 Å². The van der Waals surface area contributed by atoms with E-state index in [0.717, 1.165) is 0 Å². The molecular formula is C9H8N2O2. The predicted molar refractivity (Wildman–Crippen MR) is 45.5 cm³/mol. The van der Waals surface area contributed by atoms with Crippen molar-refractivity contribution in [1.29, 1.82) is 5.26 Å². The number of nitrogens with zero attached hydrogens (tertiary/aromatic N) is 1. The minimum absolute atomic E-state index is 0.264. The van der Waals surface area contributed by atoms with Gasteiger partial charge in [-0.05, 0) is 0 Å². The molecule has 0 aliphatic carbocycles.